The molecule has 182 valence electrons. The Morgan fingerprint density at radius 3 is 2.68 bits per heavy atom. The normalized spacial score (nSPS) is 20.2. The number of carboxylic acids is 1. The number of nitrogen functional groups attached to an aromatic ring is 1. The maximum absolute atomic E-state index is 12.3. The number of aromatic carboxylic acids is 1. The Hall–Kier alpha value is -3.44. The van der Waals surface area contributed by atoms with E-state index in [4.69, 9.17) is 15.2 Å². The Kier molecular flexibility index (Phi) is 7.76. The van der Waals surface area contributed by atoms with Gasteiger partial charge in [-0.15, -0.1) is 0 Å². The summed E-state index contributed by atoms with van der Waals surface area (Å²) in [6, 6.07) is 6.61. The summed E-state index contributed by atoms with van der Waals surface area (Å²) in [4.78, 5) is 31.8. The van der Waals surface area contributed by atoms with Gasteiger partial charge in [0.2, 0.25) is 0 Å². The Balaban J connectivity index is 1.25. The van der Waals surface area contributed by atoms with Crippen LogP contribution in [0.5, 0.6) is 0 Å². The quantitative estimate of drug-likeness (QED) is 0.371. The Labute approximate surface area is 197 Å². The number of carbonyl (C=O) groups is 2. The number of nitrogens with one attached hydrogen (secondary N) is 3. The van der Waals surface area contributed by atoms with Crippen molar-refractivity contribution in [2.75, 3.05) is 23.0 Å². The molecule has 2 aliphatic rings. The van der Waals surface area contributed by atoms with Gasteiger partial charge < -0.3 is 30.9 Å². The van der Waals surface area contributed by atoms with Crippen LogP contribution in [0, 0.1) is 0 Å². The third-order valence-electron chi connectivity index (χ3n) is 6.02. The molecule has 0 spiro atoms. The molecule has 0 unspecified atom stereocenters. The second-order valence-corrected chi connectivity index (χ2v) is 8.51. The molecule has 2 atom stereocenters. The number of ether oxygens (including phenoxy) is 2. The van der Waals surface area contributed by atoms with Crippen LogP contribution in [0.2, 0.25) is 0 Å². The second kappa shape index (κ2) is 11.1. The summed E-state index contributed by atoms with van der Waals surface area (Å²) >= 11 is 0. The first-order valence-electron chi connectivity index (χ1n) is 11.5. The average molecular weight is 471 g/mol. The predicted molar refractivity (Wildman–Crippen MR) is 125 cm³/mol. The molecule has 1 aromatic heterocycles. The van der Waals surface area contributed by atoms with E-state index in [1.165, 1.54) is 6.33 Å². The van der Waals surface area contributed by atoms with Crippen molar-refractivity contribution in [2.24, 2.45) is 0 Å². The minimum Gasteiger partial charge on any atom is -0.478 e. The minimum atomic E-state index is -0.979. The number of carbonyl (C=O) groups excluding carboxylic acids is 1. The first kappa shape index (κ1) is 23.7. The summed E-state index contributed by atoms with van der Waals surface area (Å²) < 4.78 is 11.7. The van der Waals surface area contributed by atoms with Crippen LogP contribution in [0.25, 0.3) is 0 Å². The summed E-state index contributed by atoms with van der Waals surface area (Å²) in [5.74, 6) is -0.357. The molecule has 2 amide bonds. The van der Waals surface area contributed by atoms with Crippen molar-refractivity contribution in [3.8, 4) is 0 Å². The van der Waals surface area contributed by atoms with Crippen LogP contribution in [0.1, 0.15) is 54.4 Å². The molecule has 1 aliphatic heterocycles. The van der Waals surface area contributed by atoms with Gasteiger partial charge in [-0.3, -0.25) is 5.32 Å². The lowest BCUT2D eigenvalue weighted by Gasteiger charge is -2.18. The van der Waals surface area contributed by atoms with Crippen LogP contribution >= 0.6 is 0 Å². The molecule has 11 heteroatoms. The molecule has 2 heterocycles. The van der Waals surface area contributed by atoms with E-state index >= 15 is 0 Å². The predicted octanol–water partition coefficient (Wildman–Crippen LogP) is 2.95. The molecule has 2 aromatic rings. The van der Waals surface area contributed by atoms with Crippen molar-refractivity contribution in [3.05, 3.63) is 41.7 Å². The van der Waals surface area contributed by atoms with Gasteiger partial charge in [0.25, 0.3) is 0 Å². The van der Waals surface area contributed by atoms with Gasteiger partial charge in [-0.05, 0) is 37.3 Å². The van der Waals surface area contributed by atoms with Crippen molar-refractivity contribution in [2.45, 2.75) is 63.5 Å². The van der Waals surface area contributed by atoms with Crippen molar-refractivity contribution in [1.29, 1.82) is 0 Å². The zero-order valence-electron chi connectivity index (χ0n) is 18.8. The van der Waals surface area contributed by atoms with Crippen LogP contribution in [-0.4, -0.2) is 52.1 Å². The van der Waals surface area contributed by atoms with Gasteiger partial charge in [-0.1, -0.05) is 31.0 Å². The van der Waals surface area contributed by atoms with Gasteiger partial charge in [0.15, 0.2) is 11.6 Å². The number of anilines is 3. The molecular formula is C23H30N6O5. The van der Waals surface area contributed by atoms with Gasteiger partial charge in [0, 0.05) is 6.04 Å². The highest BCUT2D eigenvalue weighted by Crippen LogP contribution is 2.27. The van der Waals surface area contributed by atoms with E-state index in [0.717, 1.165) is 32.1 Å². The fraction of sp³-hybridized carbons (Fsp3) is 0.478. The van der Waals surface area contributed by atoms with Gasteiger partial charge >= 0.3 is 12.0 Å². The molecular weight excluding hydrogens is 440 g/mol. The van der Waals surface area contributed by atoms with E-state index in [0.29, 0.717) is 24.4 Å². The van der Waals surface area contributed by atoms with E-state index in [9.17, 15) is 14.7 Å². The number of rotatable bonds is 9. The molecule has 0 bridgehead atoms. The highest BCUT2D eigenvalue weighted by atomic mass is 16.5. The lowest BCUT2D eigenvalue weighted by molar-refractivity contribution is -0.0119. The molecule has 1 aromatic carbocycles. The van der Waals surface area contributed by atoms with E-state index in [1.54, 1.807) is 24.3 Å². The molecule has 2 fully saturated rings. The summed E-state index contributed by atoms with van der Waals surface area (Å²) in [6.07, 6.45) is 6.55. The van der Waals surface area contributed by atoms with Crippen molar-refractivity contribution >= 4 is 29.3 Å². The van der Waals surface area contributed by atoms with E-state index < -0.39 is 5.97 Å². The van der Waals surface area contributed by atoms with Gasteiger partial charge in [0.05, 0.1) is 24.9 Å². The zero-order chi connectivity index (χ0) is 23.9. The number of urea groups is 1. The maximum Gasteiger partial charge on any atom is 0.336 e. The summed E-state index contributed by atoms with van der Waals surface area (Å²) in [6.45, 7) is 0.525. The Bertz CT molecular complexity index is 1010. The van der Waals surface area contributed by atoms with Crippen molar-refractivity contribution in [3.63, 3.8) is 0 Å². The number of nitrogens with zero attached hydrogens (tertiary/aromatic N) is 2. The first-order valence-corrected chi connectivity index (χ1v) is 11.5. The van der Waals surface area contributed by atoms with E-state index in [1.807, 2.05) is 0 Å². The van der Waals surface area contributed by atoms with Crippen LogP contribution in [0.3, 0.4) is 0 Å². The zero-order valence-corrected chi connectivity index (χ0v) is 18.8. The maximum atomic E-state index is 12.3. The van der Waals surface area contributed by atoms with E-state index in [2.05, 4.69) is 25.9 Å². The number of hydrogen-bond donors (Lipinski definition) is 5. The fourth-order valence-corrected chi connectivity index (χ4v) is 4.25. The molecule has 4 rings (SSSR count). The van der Waals surface area contributed by atoms with Crippen molar-refractivity contribution in [1.82, 2.24) is 15.3 Å². The molecule has 1 saturated heterocycles. The summed E-state index contributed by atoms with van der Waals surface area (Å²) in [7, 11) is 0. The van der Waals surface area contributed by atoms with Gasteiger partial charge in [-0.25, -0.2) is 19.6 Å². The summed E-state index contributed by atoms with van der Waals surface area (Å²) in [5.41, 5.74) is 7.26. The van der Waals surface area contributed by atoms with Gasteiger partial charge in [-0.2, -0.15) is 0 Å². The molecule has 0 radical (unpaired) electrons. The molecule has 34 heavy (non-hydrogen) atoms. The SMILES string of the molecule is Nc1c(NC(=O)NC2CCCC2)ncnc1N[C@H]1CC[C@@H](COCc2ccccc2C(=O)O)O1. The molecule has 1 saturated carbocycles. The van der Waals surface area contributed by atoms with Crippen LogP contribution in [-0.2, 0) is 16.1 Å². The average Bonchev–Trinajstić information content (AvgIpc) is 3.49. The van der Waals surface area contributed by atoms with Crippen LogP contribution in [0.4, 0.5) is 22.1 Å². The number of nitrogens with two attached hydrogens (primary N) is 1. The Morgan fingerprint density at radius 2 is 1.88 bits per heavy atom. The standard InChI is InChI=1S/C23H30N6O5/c24-19-20(25-13-26-21(19)29-23(32)27-15-6-2-3-7-15)28-18-10-9-16(34-18)12-33-11-14-5-1-4-8-17(14)22(30)31/h1,4-5,8,13,15-16,18H,2-3,6-7,9-12,24H2,(H,30,31)(H3,25,26,27,28,29,32)/t16-,18+/m0/s1. The third kappa shape index (κ3) is 6.12. The smallest absolute Gasteiger partial charge is 0.336 e. The largest absolute Gasteiger partial charge is 0.478 e. The van der Waals surface area contributed by atoms with Crippen LogP contribution < -0.4 is 21.7 Å². The topological polar surface area (TPSA) is 161 Å². The fourth-order valence-electron chi connectivity index (χ4n) is 4.25. The third-order valence-corrected chi connectivity index (χ3v) is 6.02. The second-order valence-electron chi connectivity index (χ2n) is 8.51. The molecule has 11 nitrogen and oxygen atoms in total. The van der Waals surface area contributed by atoms with Crippen molar-refractivity contribution < 1.29 is 24.2 Å². The Morgan fingerprint density at radius 1 is 1.12 bits per heavy atom. The van der Waals surface area contributed by atoms with Crippen LogP contribution in [0.15, 0.2) is 30.6 Å². The van der Waals surface area contributed by atoms with Gasteiger partial charge in [0.1, 0.15) is 18.2 Å². The highest BCUT2D eigenvalue weighted by Gasteiger charge is 2.27. The number of hydrogen-bond acceptors (Lipinski definition) is 8. The first-order chi connectivity index (χ1) is 16.5. The highest BCUT2D eigenvalue weighted by molar-refractivity contribution is 5.93. The lowest BCUT2D eigenvalue weighted by atomic mass is 10.1. The molecule has 6 N–H and O–H groups in total. The monoisotopic (exact) mass is 470 g/mol. The lowest BCUT2D eigenvalue weighted by Crippen LogP contribution is -2.36. The number of benzene rings is 1. The number of aromatic nitrogens is 2. The number of amides is 2. The molecule has 1 aliphatic carbocycles. The summed E-state index contributed by atoms with van der Waals surface area (Å²) in [5, 5.41) is 18.1. The minimum absolute atomic E-state index is 0.146. The van der Waals surface area contributed by atoms with E-state index in [-0.39, 0.29) is 48.1 Å². The number of carboxylic acid groups (broad SMARTS) is 1.